The van der Waals surface area contributed by atoms with Crippen LogP contribution >= 0.6 is 0 Å². The largest absolute Gasteiger partial charge is 0.493 e. The molecule has 5 heteroatoms. The van der Waals surface area contributed by atoms with Gasteiger partial charge in [0.25, 0.3) is 0 Å². The Morgan fingerprint density at radius 1 is 1.26 bits per heavy atom. The second-order valence-electron chi connectivity index (χ2n) is 4.68. The van der Waals surface area contributed by atoms with E-state index in [4.69, 9.17) is 4.74 Å². The Kier molecular flexibility index (Phi) is 4.24. The maximum absolute atomic E-state index is 11.8. The van der Waals surface area contributed by atoms with Crippen LogP contribution in [0.15, 0.2) is 18.2 Å². The first-order chi connectivity index (χ1) is 9.02. The molecule has 1 aromatic carbocycles. The van der Waals surface area contributed by atoms with Gasteiger partial charge in [-0.2, -0.15) is 0 Å². The Morgan fingerprint density at radius 3 is 2.79 bits per heavy atom. The van der Waals surface area contributed by atoms with Crippen molar-refractivity contribution in [1.29, 1.82) is 0 Å². The van der Waals surface area contributed by atoms with Crippen LogP contribution in [0.1, 0.15) is 35.7 Å². The van der Waals surface area contributed by atoms with Crippen LogP contribution < -0.4 is 4.74 Å². The molecule has 0 radical (unpaired) electrons. The highest BCUT2D eigenvalue weighted by molar-refractivity contribution is 7.91. The predicted molar refractivity (Wildman–Crippen MR) is 73.5 cm³/mol. The maximum atomic E-state index is 11.8. The van der Waals surface area contributed by atoms with Crippen LogP contribution in [0.2, 0.25) is 0 Å². The average molecular weight is 282 g/mol. The average Bonchev–Trinajstić information content (AvgIpc) is 2.39. The molecule has 0 unspecified atom stereocenters. The predicted octanol–water partition coefficient (Wildman–Crippen LogP) is 2.02. The third-order valence-corrected chi connectivity index (χ3v) is 5.00. The minimum Gasteiger partial charge on any atom is -0.493 e. The highest BCUT2D eigenvalue weighted by atomic mass is 32.2. The van der Waals surface area contributed by atoms with E-state index in [9.17, 15) is 13.2 Å². The molecule has 0 bridgehead atoms. The monoisotopic (exact) mass is 282 g/mol. The molecule has 0 atom stereocenters. The Labute approximate surface area is 113 Å². The van der Waals surface area contributed by atoms with E-state index >= 15 is 0 Å². The fraction of sp³-hybridized carbons (Fsp3) is 0.500. The van der Waals surface area contributed by atoms with Crippen LogP contribution in [0.25, 0.3) is 0 Å². The molecule has 0 saturated carbocycles. The number of carbonyl (C=O) groups is 1. The van der Waals surface area contributed by atoms with Gasteiger partial charge in [0, 0.05) is 17.7 Å². The zero-order chi connectivity index (χ0) is 13.9. The standard InChI is InChI=1S/C14H18O4S/c1-2-19(16,17)9-8-18-12-7-6-11-4-3-5-14(15)13(11)10-12/h6-7,10H,2-5,8-9H2,1H3. The lowest BCUT2D eigenvalue weighted by atomic mass is 9.90. The number of benzene rings is 1. The summed E-state index contributed by atoms with van der Waals surface area (Å²) in [6.07, 6.45) is 2.41. The molecule has 0 saturated heterocycles. The van der Waals surface area contributed by atoms with Gasteiger partial charge in [-0.25, -0.2) is 8.42 Å². The molecule has 1 aliphatic carbocycles. The van der Waals surface area contributed by atoms with E-state index in [1.54, 1.807) is 19.1 Å². The van der Waals surface area contributed by atoms with Gasteiger partial charge in [0.2, 0.25) is 0 Å². The van der Waals surface area contributed by atoms with E-state index in [0.29, 0.717) is 12.2 Å². The fourth-order valence-corrected chi connectivity index (χ4v) is 2.75. The van der Waals surface area contributed by atoms with Gasteiger partial charge in [0.15, 0.2) is 15.6 Å². The Morgan fingerprint density at radius 2 is 2.05 bits per heavy atom. The Hall–Kier alpha value is -1.36. The molecular formula is C14H18O4S. The number of hydrogen-bond acceptors (Lipinski definition) is 4. The maximum Gasteiger partial charge on any atom is 0.163 e. The first kappa shape index (κ1) is 14.1. The molecule has 0 heterocycles. The second kappa shape index (κ2) is 5.74. The molecule has 104 valence electrons. The van der Waals surface area contributed by atoms with Crippen LogP contribution in [0.5, 0.6) is 5.75 Å². The minimum atomic E-state index is -3.01. The summed E-state index contributed by atoms with van der Waals surface area (Å²) in [5, 5.41) is 0. The summed E-state index contributed by atoms with van der Waals surface area (Å²) < 4.78 is 28.1. The van der Waals surface area contributed by atoms with Crippen molar-refractivity contribution < 1.29 is 17.9 Å². The smallest absolute Gasteiger partial charge is 0.163 e. The number of sulfone groups is 1. The Balaban J connectivity index is 2.02. The molecule has 0 amide bonds. The van der Waals surface area contributed by atoms with E-state index in [0.717, 1.165) is 24.0 Å². The molecule has 19 heavy (non-hydrogen) atoms. The van der Waals surface area contributed by atoms with Crippen LogP contribution in [-0.4, -0.2) is 32.3 Å². The van der Waals surface area contributed by atoms with Crippen molar-refractivity contribution in [3.63, 3.8) is 0 Å². The van der Waals surface area contributed by atoms with Crippen molar-refractivity contribution >= 4 is 15.6 Å². The van der Waals surface area contributed by atoms with Crippen LogP contribution in [0.3, 0.4) is 0 Å². The molecule has 0 aromatic heterocycles. The van der Waals surface area contributed by atoms with E-state index in [2.05, 4.69) is 0 Å². The van der Waals surface area contributed by atoms with Gasteiger partial charge in [0.05, 0.1) is 5.75 Å². The van der Waals surface area contributed by atoms with Crippen LogP contribution in [-0.2, 0) is 16.3 Å². The normalized spacial score (nSPS) is 15.1. The number of rotatable bonds is 5. The molecule has 0 spiro atoms. The fourth-order valence-electron chi connectivity index (χ4n) is 2.13. The van der Waals surface area contributed by atoms with Crippen molar-refractivity contribution in [3.8, 4) is 5.75 Å². The van der Waals surface area contributed by atoms with Crippen LogP contribution in [0, 0.1) is 0 Å². The minimum absolute atomic E-state index is 0.00846. The molecule has 2 rings (SSSR count). The highest BCUT2D eigenvalue weighted by Crippen LogP contribution is 2.25. The first-order valence-electron chi connectivity index (χ1n) is 6.51. The number of fused-ring (bicyclic) bond motifs is 1. The quantitative estimate of drug-likeness (QED) is 0.829. The Bertz CT molecular complexity index is 575. The van der Waals surface area contributed by atoms with Crippen molar-refractivity contribution in [2.24, 2.45) is 0 Å². The number of ketones is 1. The van der Waals surface area contributed by atoms with Gasteiger partial charge in [0.1, 0.15) is 12.4 Å². The summed E-state index contributed by atoms with van der Waals surface area (Å²) in [7, 11) is -3.01. The summed E-state index contributed by atoms with van der Waals surface area (Å²) in [4.78, 5) is 11.8. The summed E-state index contributed by atoms with van der Waals surface area (Å²) in [6.45, 7) is 1.75. The third kappa shape index (κ3) is 3.56. The number of aryl methyl sites for hydroxylation is 1. The van der Waals surface area contributed by atoms with Gasteiger partial charge < -0.3 is 4.74 Å². The molecule has 0 aliphatic heterocycles. The topological polar surface area (TPSA) is 60.4 Å². The van der Waals surface area contributed by atoms with E-state index in [1.807, 2.05) is 6.07 Å². The zero-order valence-electron chi connectivity index (χ0n) is 11.0. The second-order valence-corrected chi connectivity index (χ2v) is 7.15. The van der Waals surface area contributed by atoms with Gasteiger partial charge >= 0.3 is 0 Å². The summed E-state index contributed by atoms with van der Waals surface area (Å²) in [5.74, 6) is 0.848. The molecule has 1 aromatic rings. The third-order valence-electron chi connectivity index (χ3n) is 3.33. The van der Waals surface area contributed by atoms with Crippen molar-refractivity contribution in [2.75, 3.05) is 18.1 Å². The van der Waals surface area contributed by atoms with E-state index in [-0.39, 0.29) is 23.9 Å². The highest BCUT2D eigenvalue weighted by Gasteiger charge is 2.17. The lowest BCUT2D eigenvalue weighted by molar-refractivity contribution is 0.0972. The van der Waals surface area contributed by atoms with Crippen molar-refractivity contribution in [2.45, 2.75) is 26.2 Å². The summed E-state index contributed by atoms with van der Waals surface area (Å²) in [5.41, 5.74) is 1.78. The van der Waals surface area contributed by atoms with E-state index < -0.39 is 9.84 Å². The zero-order valence-corrected chi connectivity index (χ0v) is 11.8. The van der Waals surface area contributed by atoms with E-state index in [1.165, 1.54) is 0 Å². The number of hydrogen-bond donors (Lipinski definition) is 0. The lowest BCUT2D eigenvalue weighted by Gasteiger charge is -2.15. The summed E-state index contributed by atoms with van der Waals surface area (Å²) in [6, 6.07) is 5.43. The SMILES string of the molecule is CCS(=O)(=O)CCOc1ccc2c(c1)C(=O)CCC2. The molecule has 0 N–H and O–H groups in total. The van der Waals surface area contributed by atoms with Crippen LogP contribution in [0.4, 0.5) is 0 Å². The van der Waals surface area contributed by atoms with Crippen molar-refractivity contribution in [3.05, 3.63) is 29.3 Å². The van der Waals surface area contributed by atoms with Gasteiger partial charge in [-0.1, -0.05) is 13.0 Å². The first-order valence-corrected chi connectivity index (χ1v) is 8.33. The van der Waals surface area contributed by atoms with Crippen molar-refractivity contribution in [1.82, 2.24) is 0 Å². The molecule has 4 nitrogen and oxygen atoms in total. The molecular weight excluding hydrogens is 264 g/mol. The lowest BCUT2D eigenvalue weighted by Crippen LogP contribution is -2.16. The van der Waals surface area contributed by atoms with Gasteiger partial charge in [-0.3, -0.25) is 4.79 Å². The number of carbonyl (C=O) groups excluding carboxylic acids is 1. The molecule has 0 fully saturated rings. The number of Topliss-reactive ketones (excluding diaryl/α,β-unsaturated/α-hetero) is 1. The number of ether oxygens (including phenoxy) is 1. The van der Waals surface area contributed by atoms with Gasteiger partial charge in [-0.15, -0.1) is 0 Å². The molecule has 1 aliphatic rings. The summed E-state index contributed by atoms with van der Waals surface area (Å²) >= 11 is 0. The van der Waals surface area contributed by atoms with Gasteiger partial charge in [-0.05, 0) is 30.5 Å².